The van der Waals surface area contributed by atoms with E-state index in [2.05, 4.69) is 28.5 Å². The summed E-state index contributed by atoms with van der Waals surface area (Å²) in [6.45, 7) is 2.39. The van der Waals surface area contributed by atoms with E-state index >= 15 is 0 Å². The van der Waals surface area contributed by atoms with Gasteiger partial charge in [-0.1, -0.05) is 41.9 Å². The van der Waals surface area contributed by atoms with Crippen LogP contribution in [0.4, 0.5) is 5.00 Å². The van der Waals surface area contributed by atoms with Crippen molar-refractivity contribution in [3.8, 4) is 11.8 Å². The molecule has 0 radical (unpaired) electrons. The lowest BCUT2D eigenvalue weighted by atomic mass is 9.89. The molecule has 7 nitrogen and oxygen atoms in total. The van der Waals surface area contributed by atoms with Gasteiger partial charge in [-0.3, -0.25) is 4.79 Å². The number of nitrogens with one attached hydrogen (secondary N) is 1. The topological polar surface area (TPSA) is 92.8 Å². The Labute approximate surface area is 210 Å². The number of rotatable bonds is 7. The van der Waals surface area contributed by atoms with E-state index in [1.165, 1.54) is 28.0 Å². The first kappa shape index (κ1) is 23.9. The van der Waals surface area contributed by atoms with Crippen LogP contribution in [-0.2, 0) is 31.3 Å². The van der Waals surface area contributed by atoms with Gasteiger partial charge in [-0.15, -0.1) is 21.5 Å². The minimum Gasteiger partial charge on any atom is -0.484 e. The molecule has 1 unspecified atom stereocenters. The Morgan fingerprint density at radius 2 is 2.24 bits per heavy atom. The largest absolute Gasteiger partial charge is 0.484 e. The molecule has 1 atom stereocenters. The van der Waals surface area contributed by atoms with E-state index in [1.54, 1.807) is 22.8 Å². The first-order valence-corrected chi connectivity index (χ1v) is 12.8. The molecule has 1 aromatic carbocycles. The molecule has 0 bridgehead atoms. The molecule has 3 aromatic rings. The highest BCUT2D eigenvalue weighted by Crippen LogP contribution is 2.39. The standard InChI is InChI=1S/C22H21Cl2N5O2S2/c1-12-3-5-14-15(9-25)21(33-18(14)7-12)26-20(30)11-32-22-28-27-19(29(22)2)10-31-17-6-4-13(23)8-16(17)24/h4,6,8,12H,3,5,7,10-11H2,1-2H3,(H,26,30). The Morgan fingerprint density at radius 3 is 3.00 bits per heavy atom. The van der Waals surface area contributed by atoms with Crippen LogP contribution in [0.5, 0.6) is 5.75 Å². The molecular formula is C22H21Cl2N5O2S2. The summed E-state index contributed by atoms with van der Waals surface area (Å²) in [5.74, 6) is 1.66. The number of thiophene rings is 1. The van der Waals surface area contributed by atoms with Crippen molar-refractivity contribution < 1.29 is 9.53 Å². The van der Waals surface area contributed by atoms with Crippen LogP contribution in [0.25, 0.3) is 0 Å². The third kappa shape index (κ3) is 5.46. The number of anilines is 1. The fraction of sp³-hybridized carbons (Fsp3) is 0.364. The normalized spacial score (nSPS) is 15.1. The van der Waals surface area contributed by atoms with Gasteiger partial charge in [0.1, 0.15) is 23.4 Å². The maximum Gasteiger partial charge on any atom is 0.235 e. The summed E-state index contributed by atoms with van der Waals surface area (Å²) in [4.78, 5) is 13.8. The van der Waals surface area contributed by atoms with Gasteiger partial charge in [0.05, 0.1) is 16.3 Å². The van der Waals surface area contributed by atoms with Crippen molar-refractivity contribution in [1.29, 1.82) is 5.26 Å². The molecule has 0 saturated carbocycles. The minimum atomic E-state index is -0.183. The van der Waals surface area contributed by atoms with E-state index in [4.69, 9.17) is 27.9 Å². The Morgan fingerprint density at radius 1 is 1.42 bits per heavy atom. The van der Waals surface area contributed by atoms with Crippen LogP contribution >= 0.6 is 46.3 Å². The van der Waals surface area contributed by atoms with Crippen LogP contribution in [0, 0.1) is 17.2 Å². The Hall–Kier alpha value is -2.25. The molecule has 1 aliphatic carbocycles. The van der Waals surface area contributed by atoms with Gasteiger partial charge in [0.15, 0.2) is 11.0 Å². The van der Waals surface area contributed by atoms with Crippen LogP contribution in [-0.4, -0.2) is 26.4 Å². The minimum absolute atomic E-state index is 0.152. The van der Waals surface area contributed by atoms with Crippen LogP contribution < -0.4 is 10.1 Å². The number of hydrogen-bond donors (Lipinski definition) is 1. The van der Waals surface area contributed by atoms with Crippen molar-refractivity contribution in [2.75, 3.05) is 11.1 Å². The zero-order valence-corrected chi connectivity index (χ0v) is 21.2. The molecular weight excluding hydrogens is 501 g/mol. The van der Waals surface area contributed by atoms with E-state index in [0.717, 1.165) is 24.8 Å². The second kappa shape index (κ2) is 10.3. The lowest BCUT2D eigenvalue weighted by molar-refractivity contribution is -0.113. The SMILES string of the molecule is CC1CCc2c(sc(NC(=O)CSc3nnc(COc4ccc(Cl)cc4Cl)n3C)c2C#N)C1. The molecule has 0 fully saturated rings. The third-order valence-electron chi connectivity index (χ3n) is 5.38. The first-order valence-electron chi connectivity index (χ1n) is 10.3. The Bertz CT molecular complexity index is 1230. The molecule has 1 amide bonds. The highest BCUT2D eigenvalue weighted by atomic mass is 35.5. The van der Waals surface area contributed by atoms with Crippen molar-refractivity contribution in [1.82, 2.24) is 14.8 Å². The number of benzene rings is 1. The molecule has 11 heteroatoms. The van der Waals surface area contributed by atoms with Crippen LogP contribution in [0.1, 0.15) is 35.2 Å². The average Bonchev–Trinajstić information content (AvgIpc) is 3.30. The molecule has 4 rings (SSSR count). The average molecular weight is 522 g/mol. The van der Waals surface area contributed by atoms with Gasteiger partial charge in [0.25, 0.3) is 0 Å². The number of amides is 1. The van der Waals surface area contributed by atoms with Gasteiger partial charge in [-0.25, -0.2) is 0 Å². The lowest BCUT2D eigenvalue weighted by Gasteiger charge is -2.17. The molecule has 0 spiro atoms. The van der Waals surface area contributed by atoms with Gasteiger partial charge >= 0.3 is 0 Å². The zero-order chi connectivity index (χ0) is 23.5. The molecule has 0 aliphatic heterocycles. The van der Waals surface area contributed by atoms with Gasteiger partial charge in [0, 0.05) is 16.9 Å². The molecule has 2 aromatic heterocycles. The number of thioether (sulfide) groups is 1. The second-order valence-corrected chi connectivity index (χ2v) is 10.7. The van der Waals surface area contributed by atoms with Crippen LogP contribution in [0.15, 0.2) is 23.4 Å². The van der Waals surface area contributed by atoms with E-state index in [0.29, 0.717) is 43.3 Å². The molecule has 33 heavy (non-hydrogen) atoms. The summed E-state index contributed by atoms with van der Waals surface area (Å²) < 4.78 is 7.49. The maximum absolute atomic E-state index is 12.6. The highest BCUT2D eigenvalue weighted by Gasteiger charge is 2.24. The summed E-state index contributed by atoms with van der Waals surface area (Å²) >= 11 is 14.8. The number of nitrogens with zero attached hydrogens (tertiary/aromatic N) is 4. The number of hydrogen-bond acceptors (Lipinski definition) is 7. The summed E-state index contributed by atoms with van der Waals surface area (Å²) in [5.41, 5.74) is 1.71. The first-order chi connectivity index (χ1) is 15.9. The Balaban J connectivity index is 1.35. The van der Waals surface area contributed by atoms with Crippen molar-refractivity contribution in [2.45, 2.75) is 37.9 Å². The van der Waals surface area contributed by atoms with Crippen LogP contribution in [0.2, 0.25) is 10.0 Å². The smallest absolute Gasteiger partial charge is 0.235 e. The number of ether oxygens (including phenoxy) is 1. The maximum atomic E-state index is 12.6. The molecule has 2 heterocycles. The van der Waals surface area contributed by atoms with Crippen molar-refractivity contribution >= 4 is 57.2 Å². The van der Waals surface area contributed by atoms with E-state index in [-0.39, 0.29) is 18.3 Å². The summed E-state index contributed by atoms with van der Waals surface area (Å²) in [6, 6.07) is 7.28. The number of carbonyl (C=O) groups excluding carboxylic acids is 1. The number of aromatic nitrogens is 3. The van der Waals surface area contributed by atoms with Gasteiger partial charge < -0.3 is 14.6 Å². The summed E-state index contributed by atoms with van der Waals surface area (Å²) in [7, 11) is 1.81. The van der Waals surface area contributed by atoms with E-state index in [1.807, 2.05) is 7.05 Å². The number of nitriles is 1. The monoisotopic (exact) mass is 521 g/mol. The van der Waals surface area contributed by atoms with Crippen molar-refractivity contribution in [2.24, 2.45) is 13.0 Å². The van der Waals surface area contributed by atoms with E-state index < -0.39 is 0 Å². The predicted molar refractivity (Wildman–Crippen MR) is 131 cm³/mol. The van der Waals surface area contributed by atoms with Gasteiger partial charge in [0.2, 0.25) is 5.91 Å². The number of fused-ring (bicyclic) bond motifs is 1. The molecule has 1 N–H and O–H groups in total. The third-order valence-corrected chi connectivity index (χ3v) is 8.11. The van der Waals surface area contributed by atoms with Crippen molar-refractivity contribution in [3.05, 3.63) is 50.1 Å². The predicted octanol–water partition coefficient (Wildman–Crippen LogP) is 5.49. The number of carbonyl (C=O) groups is 1. The Kier molecular flexibility index (Phi) is 7.49. The lowest BCUT2D eigenvalue weighted by Crippen LogP contribution is -2.14. The van der Waals surface area contributed by atoms with Gasteiger partial charge in [-0.2, -0.15) is 5.26 Å². The quantitative estimate of drug-likeness (QED) is 0.413. The van der Waals surface area contributed by atoms with Crippen molar-refractivity contribution in [3.63, 3.8) is 0 Å². The second-order valence-electron chi connectivity index (χ2n) is 7.83. The van der Waals surface area contributed by atoms with E-state index in [9.17, 15) is 10.1 Å². The van der Waals surface area contributed by atoms with Gasteiger partial charge in [-0.05, 0) is 48.9 Å². The molecule has 1 aliphatic rings. The zero-order valence-electron chi connectivity index (χ0n) is 18.0. The fourth-order valence-electron chi connectivity index (χ4n) is 3.58. The number of halogens is 2. The molecule has 0 saturated heterocycles. The molecule has 172 valence electrons. The summed E-state index contributed by atoms with van der Waals surface area (Å²) in [5, 5.41) is 23.0. The highest BCUT2D eigenvalue weighted by molar-refractivity contribution is 7.99. The van der Waals surface area contributed by atoms with Crippen LogP contribution in [0.3, 0.4) is 0 Å². The summed E-state index contributed by atoms with van der Waals surface area (Å²) in [6.07, 6.45) is 2.93. The fourth-order valence-corrected chi connectivity index (χ4v) is 6.15.